The van der Waals surface area contributed by atoms with Crippen molar-refractivity contribution >= 4 is 45.5 Å². The predicted octanol–water partition coefficient (Wildman–Crippen LogP) is 3.74. The molecule has 0 aliphatic carbocycles. The molecule has 0 radical (unpaired) electrons. The van der Waals surface area contributed by atoms with Crippen LogP contribution in [0.4, 0.5) is 5.69 Å². The molecule has 24 heavy (non-hydrogen) atoms. The van der Waals surface area contributed by atoms with Crippen molar-refractivity contribution in [2.45, 2.75) is 5.75 Å². The number of nitrogens with one attached hydrogen (secondary N) is 1. The van der Waals surface area contributed by atoms with E-state index in [0.29, 0.717) is 11.3 Å². The van der Waals surface area contributed by atoms with Gasteiger partial charge in [0.2, 0.25) is 5.91 Å². The lowest BCUT2D eigenvalue weighted by atomic mass is 10.2. The van der Waals surface area contributed by atoms with Crippen molar-refractivity contribution in [1.82, 2.24) is 5.43 Å². The minimum Gasteiger partial charge on any atom is -0.272 e. The molecule has 0 bridgehead atoms. The van der Waals surface area contributed by atoms with E-state index < -0.39 is 4.92 Å². The van der Waals surface area contributed by atoms with Gasteiger partial charge in [0, 0.05) is 22.4 Å². The van der Waals surface area contributed by atoms with Gasteiger partial charge in [0.25, 0.3) is 5.69 Å². The number of rotatable bonds is 7. The van der Waals surface area contributed by atoms with Crippen molar-refractivity contribution in [3.8, 4) is 0 Å². The first kappa shape index (κ1) is 18.2. The Balaban J connectivity index is 1.74. The number of benzene rings is 2. The van der Waals surface area contributed by atoms with Crippen LogP contribution in [0.2, 0.25) is 0 Å². The van der Waals surface area contributed by atoms with Crippen LogP contribution in [0.3, 0.4) is 0 Å². The summed E-state index contributed by atoms with van der Waals surface area (Å²) in [5.74, 6) is 0.810. The Bertz CT molecular complexity index is 750. The van der Waals surface area contributed by atoms with Crippen LogP contribution in [-0.4, -0.2) is 22.8 Å². The number of hydrogen-bond donors (Lipinski definition) is 1. The van der Waals surface area contributed by atoms with Gasteiger partial charge in [0.15, 0.2) is 0 Å². The number of carbonyl (C=O) groups is 1. The molecule has 1 amide bonds. The molecular formula is C16H14BrN3O3S. The normalized spacial score (nSPS) is 10.7. The number of amides is 1. The Labute approximate surface area is 151 Å². The van der Waals surface area contributed by atoms with E-state index in [2.05, 4.69) is 26.5 Å². The maximum absolute atomic E-state index is 11.7. The van der Waals surface area contributed by atoms with Gasteiger partial charge in [0.1, 0.15) is 0 Å². The molecule has 0 unspecified atom stereocenters. The largest absolute Gasteiger partial charge is 0.272 e. The average Bonchev–Trinajstić information content (AvgIpc) is 2.57. The lowest BCUT2D eigenvalue weighted by Gasteiger charge is -2.03. The van der Waals surface area contributed by atoms with E-state index in [1.54, 1.807) is 12.1 Å². The van der Waals surface area contributed by atoms with Gasteiger partial charge in [-0.1, -0.05) is 34.1 Å². The molecule has 8 heteroatoms. The Morgan fingerprint density at radius 2 is 1.96 bits per heavy atom. The number of hydrogen-bond acceptors (Lipinski definition) is 5. The summed E-state index contributed by atoms with van der Waals surface area (Å²) < 4.78 is 1.02. The standard InChI is InChI=1S/C16H14BrN3O3S/c17-15-4-2-1-3-13(15)10-24-11-16(21)19-18-9-12-5-7-14(8-6-12)20(22)23/h1-9H,10-11H2,(H,19,21)/b18-9-. The van der Waals surface area contributed by atoms with Crippen LogP contribution in [0.1, 0.15) is 11.1 Å². The number of hydrazone groups is 1. The zero-order valence-electron chi connectivity index (χ0n) is 12.5. The highest BCUT2D eigenvalue weighted by Gasteiger charge is 2.04. The fourth-order valence-electron chi connectivity index (χ4n) is 1.76. The van der Waals surface area contributed by atoms with Crippen molar-refractivity contribution in [2.24, 2.45) is 5.10 Å². The van der Waals surface area contributed by atoms with Crippen molar-refractivity contribution in [3.05, 3.63) is 74.2 Å². The molecule has 0 fully saturated rings. The van der Waals surface area contributed by atoms with Crippen molar-refractivity contribution in [3.63, 3.8) is 0 Å². The maximum Gasteiger partial charge on any atom is 0.269 e. The molecule has 0 aliphatic heterocycles. The Hall–Kier alpha value is -2.19. The third-order valence-corrected chi connectivity index (χ3v) is 4.71. The maximum atomic E-state index is 11.7. The molecule has 0 spiro atoms. The summed E-state index contributed by atoms with van der Waals surface area (Å²) in [6.45, 7) is 0. The van der Waals surface area contributed by atoms with Gasteiger partial charge in [-0.05, 0) is 29.3 Å². The van der Waals surface area contributed by atoms with Gasteiger partial charge in [-0.25, -0.2) is 5.43 Å². The van der Waals surface area contributed by atoms with Gasteiger partial charge in [-0.15, -0.1) is 11.8 Å². The second kappa shape index (κ2) is 9.19. The molecule has 124 valence electrons. The van der Waals surface area contributed by atoms with Gasteiger partial charge in [-0.2, -0.15) is 5.10 Å². The summed E-state index contributed by atoms with van der Waals surface area (Å²) in [6.07, 6.45) is 1.44. The molecule has 2 aromatic rings. The quantitative estimate of drug-likeness (QED) is 0.430. The second-order valence-electron chi connectivity index (χ2n) is 4.73. The summed E-state index contributed by atoms with van der Waals surface area (Å²) in [4.78, 5) is 21.8. The number of nitrogens with zero attached hydrogens (tertiary/aromatic N) is 2. The molecule has 2 rings (SSSR count). The fourth-order valence-corrected chi connectivity index (χ4v) is 3.20. The minimum atomic E-state index is -0.467. The molecule has 0 saturated carbocycles. The number of halogens is 1. The first-order valence-corrected chi connectivity index (χ1v) is 8.88. The lowest BCUT2D eigenvalue weighted by Crippen LogP contribution is -2.19. The van der Waals surface area contributed by atoms with Gasteiger partial charge in [-0.3, -0.25) is 14.9 Å². The number of nitro groups is 1. The van der Waals surface area contributed by atoms with Crippen LogP contribution in [0.15, 0.2) is 58.1 Å². The topological polar surface area (TPSA) is 84.6 Å². The summed E-state index contributed by atoms with van der Waals surface area (Å²) in [7, 11) is 0. The highest BCUT2D eigenvalue weighted by Crippen LogP contribution is 2.21. The first-order valence-electron chi connectivity index (χ1n) is 6.94. The SMILES string of the molecule is O=C(CSCc1ccccc1Br)N/N=C\c1ccc([N+](=O)[O-])cc1. The molecule has 0 atom stereocenters. The van der Waals surface area contributed by atoms with Crippen LogP contribution >= 0.6 is 27.7 Å². The zero-order chi connectivity index (χ0) is 17.4. The molecular weight excluding hydrogens is 394 g/mol. The van der Waals surface area contributed by atoms with Crippen LogP contribution in [0.25, 0.3) is 0 Å². The Kier molecular flexibility index (Phi) is 6.95. The zero-order valence-corrected chi connectivity index (χ0v) is 14.9. The molecule has 2 aromatic carbocycles. The number of thioether (sulfide) groups is 1. The first-order chi connectivity index (χ1) is 11.6. The second-order valence-corrected chi connectivity index (χ2v) is 6.57. The fraction of sp³-hybridized carbons (Fsp3) is 0.125. The van der Waals surface area contributed by atoms with Crippen LogP contribution in [-0.2, 0) is 10.5 Å². The van der Waals surface area contributed by atoms with Crippen LogP contribution in [0, 0.1) is 10.1 Å². The van der Waals surface area contributed by atoms with Crippen LogP contribution < -0.4 is 5.43 Å². The summed E-state index contributed by atoms with van der Waals surface area (Å²) in [5, 5.41) is 14.4. The molecule has 1 N–H and O–H groups in total. The summed E-state index contributed by atoms with van der Waals surface area (Å²) >= 11 is 4.95. The third kappa shape index (κ3) is 5.78. The van der Waals surface area contributed by atoms with E-state index in [4.69, 9.17) is 0 Å². The number of carbonyl (C=O) groups excluding carboxylic acids is 1. The predicted molar refractivity (Wildman–Crippen MR) is 99.1 cm³/mol. The molecule has 6 nitrogen and oxygen atoms in total. The molecule has 0 heterocycles. The monoisotopic (exact) mass is 407 g/mol. The van der Waals surface area contributed by atoms with E-state index in [1.165, 1.54) is 30.1 Å². The van der Waals surface area contributed by atoms with Gasteiger partial charge < -0.3 is 0 Å². The highest BCUT2D eigenvalue weighted by molar-refractivity contribution is 9.10. The average molecular weight is 408 g/mol. The van der Waals surface area contributed by atoms with E-state index in [9.17, 15) is 14.9 Å². The highest BCUT2D eigenvalue weighted by atomic mass is 79.9. The summed E-state index contributed by atoms with van der Waals surface area (Å²) in [6, 6.07) is 13.8. The Morgan fingerprint density at radius 3 is 2.62 bits per heavy atom. The van der Waals surface area contributed by atoms with E-state index in [0.717, 1.165) is 15.8 Å². The molecule has 0 saturated heterocycles. The summed E-state index contributed by atoms with van der Waals surface area (Å²) in [5.41, 5.74) is 4.24. The molecule has 0 aliphatic rings. The van der Waals surface area contributed by atoms with Crippen molar-refractivity contribution < 1.29 is 9.72 Å². The smallest absolute Gasteiger partial charge is 0.269 e. The number of nitro benzene ring substituents is 1. The van der Waals surface area contributed by atoms with Crippen LogP contribution in [0.5, 0.6) is 0 Å². The van der Waals surface area contributed by atoms with E-state index in [-0.39, 0.29) is 11.6 Å². The van der Waals surface area contributed by atoms with Crippen molar-refractivity contribution in [1.29, 1.82) is 0 Å². The van der Waals surface area contributed by atoms with Gasteiger partial charge >= 0.3 is 0 Å². The lowest BCUT2D eigenvalue weighted by molar-refractivity contribution is -0.384. The minimum absolute atomic E-state index is 0.0136. The molecule has 0 aromatic heterocycles. The third-order valence-electron chi connectivity index (χ3n) is 2.96. The number of non-ortho nitro benzene ring substituents is 1. The van der Waals surface area contributed by atoms with E-state index in [1.807, 2.05) is 24.3 Å². The van der Waals surface area contributed by atoms with Gasteiger partial charge in [0.05, 0.1) is 16.9 Å². The Morgan fingerprint density at radius 1 is 1.25 bits per heavy atom. The van der Waals surface area contributed by atoms with E-state index >= 15 is 0 Å². The van der Waals surface area contributed by atoms with Crippen molar-refractivity contribution in [2.75, 3.05) is 5.75 Å².